The van der Waals surface area contributed by atoms with Gasteiger partial charge in [0.25, 0.3) is 5.56 Å². The lowest BCUT2D eigenvalue weighted by Gasteiger charge is -2.35. The highest BCUT2D eigenvalue weighted by Gasteiger charge is 2.28. The summed E-state index contributed by atoms with van der Waals surface area (Å²) in [6.07, 6.45) is 1.07. The van der Waals surface area contributed by atoms with Crippen LogP contribution in [0.1, 0.15) is 29.9 Å². The summed E-state index contributed by atoms with van der Waals surface area (Å²) in [4.78, 5) is 35.1. The maximum atomic E-state index is 12.5. The first-order valence-corrected chi connectivity index (χ1v) is 9.13. The van der Waals surface area contributed by atoms with Crippen LogP contribution in [0.5, 0.6) is 0 Å². The molecule has 8 nitrogen and oxygen atoms in total. The number of hydrogen-bond donors (Lipinski definition) is 3. The number of nitrogens with one attached hydrogen (secondary N) is 1. The third kappa shape index (κ3) is 5.36. The second-order valence-corrected chi connectivity index (χ2v) is 7.16. The molecule has 1 saturated heterocycles. The predicted molar refractivity (Wildman–Crippen MR) is 97.9 cm³/mol. The molecule has 0 aliphatic carbocycles. The number of rotatable bonds is 7. The smallest absolute Gasteiger partial charge is 0.254 e. The monoisotopic (exact) mass is 366 g/mol. The third-order valence-corrected chi connectivity index (χ3v) is 5.09. The van der Waals surface area contributed by atoms with E-state index in [2.05, 4.69) is 9.97 Å². The largest absolute Gasteiger partial charge is 0.395 e. The molecular weight excluding hydrogens is 336 g/mol. The summed E-state index contributed by atoms with van der Waals surface area (Å²) in [6.45, 7) is 5.75. The molecule has 0 spiro atoms. The molecule has 1 fully saturated rings. The molecule has 8 heteroatoms. The van der Waals surface area contributed by atoms with Gasteiger partial charge in [-0.05, 0) is 39.7 Å². The normalized spacial score (nSPS) is 16.9. The minimum absolute atomic E-state index is 0.0565. The summed E-state index contributed by atoms with van der Waals surface area (Å²) >= 11 is 0. The Kier molecular flexibility index (Phi) is 7.31. The highest BCUT2D eigenvalue weighted by Crippen LogP contribution is 2.22. The van der Waals surface area contributed by atoms with Crippen LogP contribution in [0.2, 0.25) is 0 Å². The van der Waals surface area contributed by atoms with Gasteiger partial charge in [-0.1, -0.05) is 0 Å². The molecule has 0 aromatic carbocycles. The van der Waals surface area contributed by atoms with Gasteiger partial charge in [-0.3, -0.25) is 9.59 Å². The van der Waals surface area contributed by atoms with Gasteiger partial charge in [0.15, 0.2) is 0 Å². The predicted octanol–water partition coefficient (Wildman–Crippen LogP) is -0.547. The number of aliphatic hydroxyl groups is 2. The van der Waals surface area contributed by atoms with Gasteiger partial charge in [-0.15, -0.1) is 0 Å². The molecule has 1 amide bonds. The number of piperidine rings is 1. The maximum Gasteiger partial charge on any atom is 0.254 e. The van der Waals surface area contributed by atoms with Crippen molar-refractivity contribution in [3.05, 3.63) is 27.4 Å². The Balaban J connectivity index is 1.88. The quantitative estimate of drug-likeness (QED) is 0.597. The number of H-pyrrole nitrogens is 1. The van der Waals surface area contributed by atoms with Crippen LogP contribution in [-0.4, -0.2) is 81.8 Å². The second-order valence-electron chi connectivity index (χ2n) is 7.16. The molecule has 3 N–H and O–H groups in total. The lowest BCUT2D eigenvalue weighted by atomic mass is 9.90. The Hall–Kier alpha value is -1.77. The molecule has 1 aromatic heterocycles. The lowest BCUT2D eigenvalue weighted by Crippen LogP contribution is -2.44. The van der Waals surface area contributed by atoms with E-state index in [4.69, 9.17) is 5.11 Å². The first-order chi connectivity index (χ1) is 12.3. The number of hydrogen-bond acceptors (Lipinski definition) is 6. The van der Waals surface area contributed by atoms with E-state index in [-0.39, 0.29) is 30.4 Å². The van der Waals surface area contributed by atoms with Gasteiger partial charge < -0.3 is 25.0 Å². The van der Waals surface area contributed by atoms with Crippen LogP contribution in [-0.2, 0) is 11.2 Å². The first kappa shape index (κ1) is 20.5. The van der Waals surface area contributed by atoms with E-state index >= 15 is 0 Å². The molecule has 1 unspecified atom stereocenters. The van der Waals surface area contributed by atoms with Crippen LogP contribution < -0.4 is 5.56 Å². The Morgan fingerprint density at radius 2 is 2.04 bits per heavy atom. The zero-order chi connectivity index (χ0) is 19.3. The number of nitrogens with zero attached hydrogens (tertiary/aromatic N) is 3. The Bertz CT molecular complexity index is 668. The van der Waals surface area contributed by atoms with Crippen molar-refractivity contribution in [2.45, 2.75) is 39.2 Å². The number of likely N-dealkylation sites (tertiary alicyclic amines) is 1. The van der Waals surface area contributed by atoms with Crippen molar-refractivity contribution in [1.29, 1.82) is 0 Å². The van der Waals surface area contributed by atoms with Crippen molar-refractivity contribution in [2.75, 3.05) is 39.8 Å². The Morgan fingerprint density at radius 3 is 2.62 bits per heavy atom. The van der Waals surface area contributed by atoms with E-state index in [9.17, 15) is 14.7 Å². The van der Waals surface area contributed by atoms with E-state index in [0.29, 0.717) is 43.3 Å². The SMILES string of the molecule is Cc1nc(C)c(CC(=O)N2CCC(C(O)CN(C)CCO)CC2)c(=O)[nH]1. The van der Waals surface area contributed by atoms with Crippen LogP contribution in [0.25, 0.3) is 0 Å². The topological polar surface area (TPSA) is 110 Å². The van der Waals surface area contributed by atoms with Gasteiger partial charge >= 0.3 is 0 Å². The molecule has 26 heavy (non-hydrogen) atoms. The van der Waals surface area contributed by atoms with Crippen LogP contribution >= 0.6 is 0 Å². The van der Waals surface area contributed by atoms with Gasteiger partial charge in [-0.2, -0.15) is 0 Å². The third-order valence-electron chi connectivity index (χ3n) is 5.09. The molecule has 0 radical (unpaired) electrons. The summed E-state index contributed by atoms with van der Waals surface area (Å²) < 4.78 is 0. The number of carbonyl (C=O) groups excluding carboxylic acids is 1. The number of likely N-dealkylation sites (N-methyl/N-ethyl adjacent to an activating group) is 1. The van der Waals surface area contributed by atoms with Crippen molar-refractivity contribution in [2.24, 2.45) is 5.92 Å². The molecule has 146 valence electrons. The minimum Gasteiger partial charge on any atom is -0.395 e. The summed E-state index contributed by atoms with van der Waals surface area (Å²) in [5.41, 5.74) is 0.769. The molecule has 2 heterocycles. The van der Waals surface area contributed by atoms with E-state index in [1.165, 1.54) is 0 Å². The fourth-order valence-corrected chi connectivity index (χ4v) is 3.49. The van der Waals surface area contributed by atoms with Gasteiger partial charge in [0, 0.05) is 37.4 Å². The highest BCUT2D eigenvalue weighted by atomic mass is 16.3. The van der Waals surface area contributed by atoms with E-state index in [1.54, 1.807) is 18.7 Å². The highest BCUT2D eigenvalue weighted by molar-refractivity contribution is 5.79. The van der Waals surface area contributed by atoms with Gasteiger partial charge in [-0.25, -0.2) is 4.98 Å². The zero-order valence-corrected chi connectivity index (χ0v) is 15.9. The summed E-state index contributed by atoms with van der Waals surface area (Å²) in [5.74, 6) is 0.616. The first-order valence-electron chi connectivity index (χ1n) is 9.13. The van der Waals surface area contributed by atoms with Crippen LogP contribution in [0.4, 0.5) is 0 Å². The number of carbonyl (C=O) groups is 1. The molecule has 1 atom stereocenters. The van der Waals surface area contributed by atoms with E-state index < -0.39 is 6.10 Å². The minimum atomic E-state index is -0.463. The molecular formula is C18H30N4O4. The zero-order valence-electron chi connectivity index (χ0n) is 15.9. The number of aryl methyl sites for hydroxylation is 2. The summed E-state index contributed by atoms with van der Waals surface area (Å²) in [6, 6.07) is 0. The number of aliphatic hydroxyl groups excluding tert-OH is 2. The fourth-order valence-electron chi connectivity index (χ4n) is 3.49. The van der Waals surface area contributed by atoms with Gasteiger partial charge in [0.2, 0.25) is 5.91 Å². The van der Waals surface area contributed by atoms with Crippen LogP contribution in [0.15, 0.2) is 4.79 Å². The Morgan fingerprint density at radius 1 is 1.38 bits per heavy atom. The molecule has 0 bridgehead atoms. The molecule has 1 aliphatic heterocycles. The standard InChI is InChI=1S/C18H30N4O4/c1-12-15(18(26)20-13(2)19-12)10-17(25)22-6-4-14(5-7-22)16(24)11-21(3)8-9-23/h14,16,23-24H,4-11H2,1-3H3,(H,19,20,26). The van der Waals surface area contributed by atoms with Gasteiger partial charge in [0.05, 0.1) is 19.1 Å². The van der Waals surface area contributed by atoms with Crippen LogP contribution in [0.3, 0.4) is 0 Å². The number of aromatic nitrogens is 2. The second kappa shape index (κ2) is 9.25. The lowest BCUT2D eigenvalue weighted by molar-refractivity contribution is -0.132. The van der Waals surface area contributed by atoms with Crippen molar-refractivity contribution in [1.82, 2.24) is 19.8 Å². The maximum absolute atomic E-state index is 12.5. The number of amides is 1. The van der Waals surface area contributed by atoms with Crippen LogP contribution in [0, 0.1) is 19.8 Å². The summed E-state index contributed by atoms with van der Waals surface area (Å²) in [5, 5.41) is 19.3. The van der Waals surface area contributed by atoms with Crippen molar-refractivity contribution < 1.29 is 15.0 Å². The number of aromatic amines is 1. The Labute approximate surface area is 153 Å². The molecule has 1 aromatic rings. The fraction of sp³-hybridized carbons (Fsp3) is 0.722. The van der Waals surface area contributed by atoms with Crippen molar-refractivity contribution in [3.8, 4) is 0 Å². The summed E-state index contributed by atoms with van der Waals surface area (Å²) in [7, 11) is 1.87. The average Bonchev–Trinajstić information content (AvgIpc) is 2.58. The van der Waals surface area contributed by atoms with Crippen molar-refractivity contribution in [3.63, 3.8) is 0 Å². The van der Waals surface area contributed by atoms with Crippen molar-refractivity contribution >= 4 is 5.91 Å². The average molecular weight is 366 g/mol. The van der Waals surface area contributed by atoms with E-state index in [1.807, 2.05) is 11.9 Å². The molecule has 2 rings (SSSR count). The van der Waals surface area contributed by atoms with E-state index in [0.717, 1.165) is 12.8 Å². The molecule has 0 saturated carbocycles. The van der Waals surface area contributed by atoms with Gasteiger partial charge in [0.1, 0.15) is 5.82 Å². The molecule has 1 aliphatic rings.